The average Bonchev–Trinajstić information content (AvgIpc) is 2.56. The van der Waals surface area contributed by atoms with Crippen LogP contribution in [0.25, 0.3) is 10.9 Å². The van der Waals surface area contributed by atoms with Crippen LogP contribution in [0.4, 0.5) is 0 Å². The van der Waals surface area contributed by atoms with E-state index in [1.54, 1.807) is 13.1 Å². The van der Waals surface area contributed by atoms with Crippen molar-refractivity contribution in [3.63, 3.8) is 0 Å². The third-order valence-corrected chi connectivity index (χ3v) is 2.21. The molecule has 14 heavy (non-hydrogen) atoms. The molecule has 3 N–H and O–H groups in total. The zero-order valence-electron chi connectivity index (χ0n) is 7.82. The van der Waals surface area contributed by atoms with Gasteiger partial charge in [0.1, 0.15) is 5.69 Å². The quantitative estimate of drug-likeness (QED) is 0.649. The lowest BCUT2D eigenvalue weighted by atomic mass is 10.2. The van der Waals surface area contributed by atoms with Gasteiger partial charge in [-0.2, -0.15) is 0 Å². The number of aromatic nitrogens is 1. The molecule has 0 aliphatic carbocycles. The Morgan fingerprint density at radius 2 is 2.14 bits per heavy atom. The van der Waals surface area contributed by atoms with Crippen LogP contribution in [0.2, 0.25) is 0 Å². The van der Waals surface area contributed by atoms with Gasteiger partial charge in [0.05, 0.1) is 5.52 Å². The molecule has 0 aliphatic rings. The Morgan fingerprint density at radius 3 is 2.79 bits per heavy atom. The van der Waals surface area contributed by atoms with Crippen molar-refractivity contribution < 1.29 is 4.79 Å². The number of para-hydroxylation sites is 1. The van der Waals surface area contributed by atoms with Crippen molar-refractivity contribution in [2.24, 2.45) is 0 Å². The molecule has 72 valence electrons. The first kappa shape index (κ1) is 8.62. The Labute approximate surface area is 81.3 Å². The topological polar surface area (TPSA) is 60.0 Å². The second-order valence-corrected chi connectivity index (χ2v) is 3.04. The maximum atomic E-state index is 11.4. The lowest BCUT2D eigenvalue weighted by Crippen LogP contribution is -2.24. The summed E-state index contributed by atoms with van der Waals surface area (Å²) in [4.78, 5) is 11.4. The van der Waals surface area contributed by atoms with Crippen molar-refractivity contribution in [2.75, 3.05) is 12.9 Å². The fourth-order valence-corrected chi connectivity index (χ4v) is 1.48. The highest BCUT2D eigenvalue weighted by molar-refractivity contribution is 5.98. The Morgan fingerprint density at radius 1 is 1.43 bits per heavy atom. The van der Waals surface area contributed by atoms with E-state index in [1.165, 1.54) is 4.68 Å². The molecular formula is C10H11N3O. The lowest BCUT2D eigenvalue weighted by Gasteiger charge is -2.01. The van der Waals surface area contributed by atoms with E-state index in [0.29, 0.717) is 5.69 Å². The number of fused-ring (bicyclic) bond motifs is 1. The molecule has 2 rings (SSSR count). The van der Waals surface area contributed by atoms with Crippen molar-refractivity contribution in [3.05, 3.63) is 36.0 Å². The molecule has 0 saturated heterocycles. The summed E-state index contributed by atoms with van der Waals surface area (Å²) in [7, 11) is 1.58. The third kappa shape index (κ3) is 1.12. The van der Waals surface area contributed by atoms with Crippen LogP contribution in [0.3, 0.4) is 0 Å². The summed E-state index contributed by atoms with van der Waals surface area (Å²) in [6.07, 6.45) is 0. The summed E-state index contributed by atoms with van der Waals surface area (Å²) >= 11 is 0. The van der Waals surface area contributed by atoms with Gasteiger partial charge in [0.2, 0.25) is 0 Å². The monoisotopic (exact) mass is 189 g/mol. The number of carbonyl (C=O) groups excluding carboxylic acids is 1. The number of carbonyl (C=O) groups is 1. The largest absolute Gasteiger partial charge is 0.354 e. The SMILES string of the molecule is CNC(=O)c1cc2ccccc2n1N. The first-order valence-corrected chi connectivity index (χ1v) is 4.31. The molecule has 1 amide bonds. The van der Waals surface area contributed by atoms with E-state index in [0.717, 1.165) is 10.9 Å². The van der Waals surface area contributed by atoms with E-state index in [2.05, 4.69) is 5.32 Å². The highest BCUT2D eigenvalue weighted by atomic mass is 16.1. The number of hydrogen-bond acceptors (Lipinski definition) is 2. The minimum Gasteiger partial charge on any atom is -0.354 e. The predicted octanol–water partition coefficient (Wildman–Crippen LogP) is 0.715. The normalized spacial score (nSPS) is 10.4. The molecule has 0 aliphatic heterocycles. The fourth-order valence-electron chi connectivity index (χ4n) is 1.48. The zero-order chi connectivity index (χ0) is 10.1. The summed E-state index contributed by atoms with van der Waals surface area (Å²) in [5.41, 5.74) is 1.32. The van der Waals surface area contributed by atoms with Crippen molar-refractivity contribution >= 4 is 16.8 Å². The standard InChI is InChI=1S/C10H11N3O/c1-12-10(14)9-6-7-4-2-3-5-8(7)13(9)11/h2-6H,11H2,1H3,(H,12,14). The Bertz CT molecular complexity index is 487. The van der Waals surface area contributed by atoms with Crippen molar-refractivity contribution in [3.8, 4) is 0 Å². The molecule has 4 heteroatoms. The molecule has 2 aromatic rings. The maximum Gasteiger partial charge on any atom is 0.269 e. The number of amides is 1. The molecule has 1 aromatic heterocycles. The summed E-state index contributed by atoms with van der Waals surface area (Å²) < 4.78 is 1.40. The zero-order valence-corrected chi connectivity index (χ0v) is 7.82. The van der Waals surface area contributed by atoms with Crippen LogP contribution < -0.4 is 11.2 Å². The minimum absolute atomic E-state index is 0.177. The molecule has 4 nitrogen and oxygen atoms in total. The number of nitrogens with two attached hydrogens (primary N) is 1. The number of hydrogen-bond donors (Lipinski definition) is 2. The van der Waals surface area contributed by atoms with E-state index >= 15 is 0 Å². The maximum absolute atomic E-state index is 11.4. The average molecular weight is 189 g/mol. The summed E-state index contributed by atoms with van der Waals surface area (Å²) in [6.45, 7) is 0. The lowest BCUT2D eigenvalue weighted by molar-refractivity contribution is 0.0956. The Balaban J connectivity index is 2.68. The summed E-state index contributed by atoms with van der Waals surface area (Å²) in [5, 5.41) is 3.51. The molecule has 0 radical (unpaired) electrons. The first-order chi connectivity index (χ1) is 6.74. The van der Waals surface area contributed by atoms with E-state index in [4.69, 9.17) is 5.84 Å². The highest BCUT2D eigenvalue weighted by Gasteiger charge is 2.11. The molecular weight excluding hydrogens is 178 g/mol. The third-order valence-electron chi connectivity index (χ3n) is 2.21. The van der Waals surface area contributed by atoms with Crippen molar-refractivity contribution in [2.45, 2.75) is 0 Å². The molecule has 0 saturated carbocycles. The summed E-state index contributed by atoms with van der Waals surface area (Å²) in [6, 6.07) is 9.37. The Kier molecular flexibility index (Phi) is 1.89. The van der Waals surface area contributed by atoms with Gasteiger partial charge in [-0.25, -0.2) is 0 Å². The molecule has 0 atom stereocenters. The van der Waals surface area contributed by atoms with Gasteiger partial charge in [0.15, 0.2) is 0 Å². The van der Waals surface area contributed by atoms with E-state index in [-0.39, 0.29) is 5.91 Å². The molecule has 0 spiro atoms. The van der Waals surface area contributed by atoms with E-state index in [1.807, 2.05) is 24.3 Å². The van der Waals surface area contributed by atoms with Crippen LogP contribution in [0.5, 0.6) is 0 Å². The number of rotatable bonds is 1. The second-order valence-electron chi connectivity index (χ2n) is 3.04. The number of nitrogens with zero attached hydrogens (tertiary/aromatic N) is 1. The van der Waals surface area contributed by atoms with Crippen molar-refractivity contribution in [1.29, 1.82) is 0 Å². The van der Waals surface area contributed by atoms with Crippen LogP contribution in [-0.2, 0) is 0 Å². The van der Waals surface area contributed by atoms with Gasteiger partial charge in [-0.3, -0.25) is 9.47 Å². The molecule has 0 bridgehead atoms. The number of nitrogen functional groups attached to an aromatic ring is 1. The van der Waals surface area contributed by atoms with Gasteiger partial charge in [0, 0.05) is 12.4 Å². The van der Waals surface area contributed by atoms with Gasteiger partial charge in [0.25, 0.3) is 5.91 Å². The number of nitrogens with one attached hydrogen (secondary N) is 1. The first-order valence-electron chi connectivity index (χ1n) is 4.31. The van der Waals surface area contributed by atoms with Gasteiger partial charge in [-0.1, -0.05) is 18.2 Å². The van der Waals surface area contributed by atoms with Gasteiger partial charge in [-0.05, 0) is 12.1 Å². The van der Waals surface area contributed by atoms with Crippen LogP contribution in [0.1, 0.15) is 10.5 Å². The van der Waals surface area contributed by atoms with E-state index in [9.17, 15) is 4.79 Å². The van der Waals surface area contributed by atoms with Crippen molar-refractivity contribution in [1.82, 2.24) is 9.99 Å². The summed E-state index contributed by atoms with van der Waals surface area (Å²) in [5.74, 6) is 5.59. The van der Waals surface area contributed by atoms with Gasteiger partial charge >= 0.3 is 0 Å². The van der Waals surface area contributed by atoms with E-state index < -0.39 is 0 Å². The minimum atomic E-state index is -0.177. The van der Waals surface area contributed by atoms with Crippen LogP contribution in [-0.4, -0.2) is 17.6 Å². The fraction of sp³-hybridized carbons (Fsp3) is 0.100. The van der Waals surface area contributed by atoms with Gasteiger partial charge < -0.3 is 11.2 Å². The molecule has 1 heterocycles. The van der Waals surface area contributed by atoms with Crippen LogP contribution in [0, 0.1) is 0 Å². The predicted molar refractivity (Wildman–Crippen MR) is 55.5 cm³/mol. The highest BCUT2D eigenvalue weighted by Crippen LogP contribution is 2.16. The van der Waals surface area contributed by atoms with Crippen LogP contribution in [0.15, 0.2) is 30.3 Å². The molecule has 0 unspecified atom stereocenters. The molecule has 1 aromatic carbocycles. The smallest absolute Gasteiger partial charge is 0.269 e. The Hall–Kier alpha value is -1.97. The van der Waals surface area contributed by atoms with Crippen LogP contribution >= 0.6 is 0 Å². The molecule has 0 fully saturated rings. The second kappa shape index (κ2) is 3.06. The number of benzene rings is 1. The van der Waals surface area contributed by atoms with Gasteiger partial charge in [-0.15, -0.1) is 0 Å².